The molecule has 1 fully saturated rings. The molecule has 0 spiro atoms. The Bertz CT molecular complexity index is 723. The molecule has 0 unspecified atom stereocenters. The number of rotatable bonds is 5. The Hall–Kier alpha value is -2.28. The number of nitrogens with zero attached hydrogens (tertiary/aromatic N) is 3. The fourth-order valence-corrected chi connectivity index (χ4v) is 2.85. The Morgan fingerprint density at radius 3 is 3.05 bits per heavy atom. The molecule has 2 heterocycles. The molecule has 7 heteroatoms. The second kappa shape index (κ2) is 6.23. The van der Waals surface area contributed by atoms with Crippen molar-refractivity contribution in [2.45, 2.75) is 26.2 Å². The lowest BCUT2D eigenvalue weighted by Crippen LogP contribution is -2.32. The van der Waals surface area contributed by atoms with E-state index in [-0.39, 0.29) is 11.8 Å². The summed E-state index contributed by atoms with van der Waals surface area (Å²) in [5.74, 6) is 1.14. The van der Waals surface area contributed by atoms with E-state index < -0.39 is 0 Å². The molecule has 2 aromatic rings. The molecule has 0 saturated heterocycles. The van der Waals surface area contributed by atoms with Crippen LogP contribution in [-0.4, -0.2) is 22.3 Å². The summed E-state index contributed by atoms with van der Waals surface area (Å²) in [5.41, 5.74) is 3.63. The van der Waals surface area contributed by atoms with Crippen molar-refractivity contribution in [3.05, 3.63) is 35.1 Å². The number of hydrogen-bond acceptors (Lipinski definition) is 6. The molecule has 0 bridgehead atoms. The second-order valence-corrected chi connectivity index (χ2v) is 6.21. The fraction of sp³-hybridized carbons (Fsp3) is 0.333. The first kappa shape index (κ1) is 14.6. The van der Waals surface area contributed by atoms with E-state index in [0.717, 1.165) is 34.9 Å². The molecule has 0 atom stereocenters. The van der Waals surface area contributed by atoms with Gasteiger partial charge in [-0.1, -0.05) is 30.4 Å². The molecule has 1 amide bonds. The van der Waals surface area contributed by atoms with Crippen molar-refractivity contribution in [1.82, 2.24) is 15.6 Å². The highest BCUT2D eigenvalue weighted by atomic mass is 32.1. The average Bonchev–Trinajstić information content (AvgIpc) is 3.12. The van der Waals surface area contributed by atoms with Crippen LogP contribution in [-0.2, 0) is 11.2 Å². The molecule has 2 aromatic heterocycles. The van der Waals surface area contributed by atoms with Gasteiger partial charge in [0, 0.05) is 5.92 Å². The molecule has 0 radical (unpaired) electrons. The fourth-order valence-electron chi connectivity index (χ4n) is 2.11. The maximum atomic E-state index is 11.7. The molecule has 6 nitrogen and oxygen atoms in total. The minimum atomic E-state index is -0.0767. The van der Waals surface area contributed by atoms with Crippen LogP contribution in [0, 0.1) is 5.92 Å². The van der Waals surface area contributed by atoms with Crippen molar-refractivity contribution >= 4 is 23.5 Å². The molecule has 0 aliphatic heterocycles. The highest BCUT2D eigenvalue weighted by molar-refractivity contribution is 7.14. The van der Waals surface area contributed by atoms with Crippen LogP contribution in [0.3, 0.4) is 0 Å². The van der Waals surface area contributed by atoms with Crippen LogP contribution in [0.2, 0.25) is 0 Å². The van der Waals surface area contributed by atoms with Crippen molar-refractivity contribution in [2.24, 2.45) is 11.0 Å². The third kappa shape index (κ3) is 3.14. The van der Waals surface area contributed by atoms with E-state index in [2.05, 4.69) is 27.3 Å². The van der Waals surface area contributed by atoms with E-state index in [9.17, 15) is 4.79 Å². The molecule has 114 valence electrons. The second-order valence-electron chi connectivity index (χ2n) is 5.15. The van der Waals surface area contributed by atoms with Crippen LogP contribution >= 0.6 is 11.3 Å². The lowest BCUT2D eigenvalue weighted by atomic mass is 9.81. The molecular formula is C15H16N4O2S. The number of allylic oxidation sites excluding steroid dienone is 1. The zero-order valence-electron chi connectivity index (χ0n) is 12.2. The normalized spacial score (nSPS) is 15.2. The van der Waals surface area contributed by atoms with Gasteiger partial charge in [0.1, 0.15) is 10.8 Å². The predicted octanol–water partition coefficient (Wildman–Crippen LogP) is 2.78. The van der Waals surface area contributed by atoms with Gasteiger partial charge in [0.05, 0.1) is 6.21 Å². The van der Waals surface area contributed by atoms with Crippen LogP contribution in [0.4, 0.5) is 0 Å². The van der Waals surface area contributed by atoms with Gasteiger partial charge in [-0.25, -0.2) is 5.43 Å². The minimum absolute atomic E-state index is 0.00525. The summed E-state index contributed by atoms with van der Waals surface area (Å²) < 4.78 is 5.62. The van der Waals surface area contributed by atoms with Crippen LogP contribution < -0.4 is 5.43 Å². The van der Waals surface area contributed by atoms with Crippen LogP contribution in [0.5, 0.6) is 0 Å². The smallest absolute Gasteiger partial charge is 0.243 e. The van der Waals surface area contributed by atoms with Gasteiger partial charge in [-0.15, -0.1) is 10.2 Å². The first-order chi connectivity index (χ1) is 10.7. The SMILES string of the molecule is C=C1CC(C(=O)N/N=C\c2ccc(-c3nnc(CC)s3)o2)C1. The van der Waals surface area contributed by atoms with Crippen LogP contribution in [0.1, 0.15) is 30.5 Å². The quantitative estimate of drug-likeness (QED) is 0.522. The van der Waals surface area contributed by atoms with E-state index in [1.54, 1.807) is 6.07 Å². The Kier molecular flexibility index (Phi) is 4.15. The summed E-state index contributed by atoms with van der Waals surface area (Å²) in [7, 11) is 0. The summed E-state index contributed by atoms with van der Waals surface area (Å²) in [6.45, 7) is 5.85. The molecule has 1 aliphatic rings. The number of aryl methyl sites for hydroxylation is 1. The summed E-state index contributed by atoms with van der Waals surface area (Å²) >= 11 is 1.50. The molecule has 1 N–H and O–H groups in total. The number of hydrazone groups is 1. The summed E-state index contributed by atoms with van der Waals surface area (Å²) in [5, 5.41) is 13.8. The summed E-state index contributed by atoms with van der Waals surface area (Å²) in [4.78, 5) is 11.7. The van der Waals surface area contributed by atoms with Crippen molar-refractivity contribution < 1.29 is 9.21 Å². The maximum Gasteiger partial charge on any atom is 0.243 e. The number of aromatic nitrogens is 2. The molecular weight excluding hydrogens is 300 g/mol. The van der Waals surface area contributed by atoms with Crippen LogP contribution in [0.15, 0.2) is 33.8 Å². The Morgan fingerprint density at radius 1 is 1.55 bits per heavy atom. The number of carbonyl (C=O) groups excluding carboxylic acids is 1. The monoisotopic (exact) mass is 316 g/mol. The van der Waals surface area contributed by atoms with Gasteiger partial charge in [0.2, 0.25) is 5.91 Å². The van der Waals surface area contributed by atoms with Crippen molar-refractivity contribution in [3.8, 4) is 10.8 Å². The van der Waals surface area contributed by atoms with E-state index in [1.165, 1.54) is 17.6 Å². The lowest BCUT2D eigenvalue weighted by Gasteiger charge is -2.25. The maximum absolute atomic E-state index is 11.7. The standard InChI is InChI=1S/C15H16N4O2S/c1-3-13-17-19-15(22-13)12-5-4-11(21-12)8-16-18-14(20)10-6-9(2)7-10/h4-5,8,10H,2-3,6-7H2,1H3,(H,18,20)/b16-8-. The van der Waals surface area contributed by atoms with E-state index >= 15 is 0 Å². The van der Waals surface area contributed by atoms with Gasteiger partial charge >= 0.3 is 0 Å². The molecule has 1 saturated carbocycles. The molecule has 0 aromatic carbocycles. The highest BCUT2D eigenvalue weighted by Gasteiger charge is 2.28. The Labute approximate surface area is 131 Å². The first-order valence-electron chi connectivity index (χ1n) is 7.08. The van der Waals surface area contributed by atoms with Gasteiger partial charge in [-0.3, -0.25) is 4.79 Å². The number of hydrogen-bond donors (Lipinski definition) is 1. The summed E-state index contributed by atoms with van der Waals surface area (Å²) in [6, 6.07) is 3.60. The average molecular weight is 316 g/mol. The van der Waals surface area contributed by atoms with Crippen molar-refractivity contribution in [3.63, 3.8) is 0 Å². The van der Waals surface area contributed by atoms with E-state index in [4.69, 9.17) is 4.42 Å². The predicted molar refractivity (Wildman–Crippen MR) is 84.6 cm³/mol. The van der Waals surface area contributed by atoms with E-state index in [1.807, 2.05) is 13.0 Å². The third-order valence-electron chi connectivity index (χ3n) is 3.41. The zero-order valence-corrected chi connectivity index (χ0v) is 13.0. The number of nitrogens with one attached hydrogen (secondary N) is 1. The third-order valence-corrected chi connectivity index (χ3v) is 4.50. The van der Waals surface area contributed by atoms with Crippen molar-refractivity contribution in [1.29, 1.82) is 0 Å². The van der Waals surface area contributed by atoms with Crippen molar-refractivity contribution in [2.75, 3.05) is 0 Å². The van der Waals surface area contributed by atoms with Gasteiger partial charge in [-0.05, 0) is 31.4 Å². The zero-order chi connectivity index (χ0) is 15.5. The van der Waals surface area contributed by atoms with Gasteiger partial charge in [0.15, 0.2) is 10.8 Å². The number of carbonyl (C=O) groups is 1. The Morgan fingerprint density at radius 2 is 2.36 bits per heavy atom. The number of furan rings is 1. The van der Waals surface area contributed by atoms with E-state index in [0.29, 0.717) is 11.5 Å². The van der Waals surface area contributed by atoms with Crippen LogP contribution in [0.25, 0.3) is 10.8 Å². The highest BCUT2D eigenvalue weighted by Crippen LogP contribution is 2.31. The first-order valence-corrected chi connectivity index (χ1v) is 7.89. The molecule has 1 aliphatic carbocycles. The molecule has 22 heavy (non-hydrogen) atoms. The van der Waals surface area contributed by atoms with Gasteiger partial charge in [-0.2, -0.15) is 5.10 Å². The largest absolute Gasteiger partial charge is 0.452 e. The number of amides is 1. The lowest BCUT2D eigenvalue weighted by molar-refractivity contribution is -0.126. The topological polar surface area (TPSA) is 80.4 Å². The van der Waals surface area contributed by atoms with Gasteiger partial charge in [0.25, 0.3) is 0 Å². The molecule has 3 rings (SSSR count). The van der Waals surface area contributed by atoms with Gasteiger partial charge < -0.3 is 4.42 Å². The summed E-state index contributed by atoms with van der Waals surface area (Å²) in [6.07, 6.45) is 3.84. The minimum Gasteiger partial charge on any atom is -0.452 e. The Balaban J connectivity index is 1.58.